The third-order valence-corrected chi connectivity index (χ3v) is 8.44. The van der Waals surface area contributed by atoms with Crippen LogP contribution in [0.5, 0.6) is 11.5 Å². The van der Waals surface area contributed by atoms with Crippen molar-refractivity contribution in [2.24, 2.45) is 5.10 Å². The maximum Gasteiger partial charge on any atom is 0.264 e. The van der Waals surface area contributed by atoms with E-state index in [1.807, 2.05) is 51.1 Å². The van der Waals surface area contributed by atoms with E-state index in [2.05, 4.69) is 10.5 Å². The summed E-state index contributed by atoms with van der Waals surface area (Å²) in [6.07, 6.45) is 1.45. The Morgan fingerprint density at radius 1 is 0.929 bits per heavy atom. The lowest BCUT2D eigenvalue weighted by Crippen LogP contribution is -2.39. The van der Waals surface area contributed by atoms with Crippen molar-refractivity contribution in [2.45, 2.75) is 32.3 Å². The van der Waals surface area contributed by atoms with Gasteiger partial charge in [0.2, 0.25) is 0 Å². The Kier molecular flexibility index (Phi) is 10.2. The molecule has 0 bridgehead atoms. The lowest BCUT2D eigenvalue weighted by atomic mass is 10.2. The normalized spacial score (nSPS) is 11.3. The Labute approximate surface area is 251 Å². The zero-order valence-electron chi connectivity index (χ0n) is 23.6. The molecule has 4 rings (SSSR count). The molecule has 0 aliphatic heterocycles. The summed E-state index contributed by atoms with van der Waals surface area (Å²) in [4.78, 5) is 13.0. The predicted molar refractivity (Wildman–Crippen MR) is 166 cm³/mol. The standard InChI is InChI=1S/C32H32ClN3O5S/c1-4-40-31-18-26(13-17-30(31)41-22-25-8-6-5-7-9-25)20-34-35-32(37)21-36(27-14-12-24(3)29(33)19-27)42(38,39)28-15-10-23(2)11-16-28/h5-20H,4,21-22H2,1-3H3,(H,35,37)/b34-20-. The number of rotatable bonds is 12. The summed E-state index contributed by atoms with van der Waals surface area (Å²) >= 11 is 6.30. The summed E-state index contributed by atoms with van der Waals surface area (Å²) in [5.74, 6) is 0.484. The minimum Gasteiger partial charge on any atom is -0.490 e. The van der Waals surface area contributed by atoms with Crippen molar-refractivity contribution >= 4 is 39.4 Å². The molecule has 4 aromatic carbocycles. The number of halogens is 1. The highest BCUT2D eigenvalue weighted by atomic mass is 35.5. The minimum absolute atomic E-state index is 0.0547. The van der Waals surface area contributed by atoms with Crippen molar-refractivity contribution in [1.29, 1.82) is 0 Å². The largest absolute Gasteiger partial charge is 0.490 e. The summed E-state index contributed by atoms with van der Waals surface area (Å²) in [5.41, 5.74) is 6.06. The summed E-state index contributed by atoms with van der Waals surface area (Å²) < 4.78 is 39.9. The van der Waals surface area contributed by atoms with Crippen LogP contribution in [0.1, 0.15) is 29.2 Å². The van der Waals surface area contributed by atoms with E-state index in [9.17, 15) is 13.2 Å². The number of benzene rings is 4. The molecule has 0 unspecified atom stereocenters. The SMILES string of the molecule is CCOc1cc(/C=N\NC(=O)CN(c2ccc(C)c(Cl)c2)S(=O)(=O)c2ccc(C)cc2)ccc1OCc1ccccc1. The minimum atomic E-state index is -4.08. The smallest absolute Gasteiger partial charge is 0.264 e. The molecule has 0 aliphatic rings. The molecule has 42 heavy (non-hydrogen) atoms. The van der Waals surface area contributed by atoms with Crippen molar-refractivity contribution in [3.8, 4) is 11.5 Å². The van der Waals surface area contributed by atoms with Crippen LogP contribution in [0.15, 0.2) is 101 Å². The number of carbonyl (C=O) groups excluding carboxylic acids is 1. The Morgan fingerprint density at radius 2 is 1.67 bits per heavy atom. The summed E-state index contributed by atoms with van der Waals surface area (Å²) in [5, 5.41) is 4.43. The Morgan fingerprint density at radius 3 is 2.36 bits per heavy atom. The maximum atomic E-state index is 13.6. The number of nitrogens with one attached hydrogen (secondary N) is 1. The van der Waals surface area contributed by atoms with Gasteiger partial charge in [-0.1, -0.05) is 65.7 Å². The van der Waals surface area contributed by atoms with Crippen LogP contribution in [0.4, 0.5) is 5.69 Å². The number of hydrazone groups is 1. The highest BCUT2D eigenvalue weighted by Gasteiger charge is 2.27. The number of hydrogen-bond donors (Lipinski definition) is 1. The third-order valence-electron chi connectivity index (χ3n) is 6.25. The van der Waals surface area contributed by atoms with E-state index in [-0.39, 0.29) is 10.6 Å². The van der Waals surface area contributed by atoms with Gasteiger partial charge in [0.1, 0.15) is 13.2 Å². The molecule has 0 saturated heterocycles. The van der Waals surface area contributed by atoms with E-state index in [0.717, 1.165) is 21.0 Å². The lowest BCUT2D eigenvalue weighted by Gasteiger charge is -2.24. The molecule has 4 aromatic rings. The van der Waals surface area contributed by atoms with Gasteiger partial charge in [-0.3, -0.25) is 9.10 Å². The van der Waals surface area contributed by atoms with E-state index >= 15 is 0 Å². The number of carbonyl (C=O) groups is 1. The first-order valence-electron chi connectivity index (χ1n) is 13.3. The average Bonchev–Trinajstić information content (AvgIpc) is 2.98. The lowest BCUT2D eigenvalue weighted by molar-refractivity contribution is -0.119. The molecule has 10 heteroatoms. The van der Waals surface area contributed by atoms with Gasteiger partial charge in [-0.25, -0.2) is 13.8 Å². The number of sulfonamides is 1. The average molecular weight is 606 g/mol. The second-order valence-electron chi connectivity index (χ2n) is 9.46. The molecule has 1 N–H and O–H groups in total. The van der Waals surface area contributed by atoms with E-state index < -0.39 is 22.5 Å². The molecule has 1 amide bonds. The molecule has 0 radical (unpaired) electrons. The molecular weight excluding hydrogens is 574 g/mol. The van der Waals surface area contributed by atoms with E-state index in [1.54, 1.807) is 42.5 Å². The van der Waals surface area contributed by atoms with E-state index in [4.69, 9.17) is 21.1 Å². The highest BCUT2D eigenvalue weighted by Crippen LogP contribution is 2.30. The van der Waals surface area contributed by atoms with Crippen molar-refractivity contribution in [3.63, 3.8) is 0 Å². The van der Waals surface area contributed by atoms with Crippen LogP contribution in [0.3, 0.4) is 0 Å². The number of nitrogens with zero attached hydrogens (tertiary/aromatic N) is 2. The zero-order valence-corrected chi connectivity index (χ0v) is 25.2. The molecule has 0 heterocycles. The second kappa shape index (κ2) is 14.0. The molecule has 0 atom stereocenters. The number of amides is 1. The van der Waals surface area contributed by atoms with Gasteiger partial charge in [0.15, 0.2) is 11.5 Å². The molecule has 0 aromatic heterocycles. The monoisotopic (exact) mass is 605 g/mol. The fourth-order valence-electron chi connectivity index (χ4n) is 3.96. The topological polar surface area (TPSA) is 97.3 Å². The van der Waals surface area contributed by atoms with Gasteiger partial charge < -0.3 is 9.47 Å². The van der Waals surface area contributed by atoms with Crippen LogP contribution >= 0.6 is 11.6 Å². The molecule has 0 fully saturated rings. The molecule has 0 spiro atoms. The Hall–Kier alpha value is -4.34. The first kappa shape index (κ1) is 30.6. The summed E-state index contributed by atoms with van der Waals surface area (Å²) in [6, 6.07) is 26.3. The first-order valence-corrected chi connectivity index (χ1v) is 15.1. The van der Waals surface area contributed by atoms with Crippen LogP contribution in [0, 0.1) is 13.8 Å². The Bertz CT molecular complexity index is 1660. The summed E-state index contributed by atoms with van der Waals surface area (Å²) in [6.45, 7) is 5.86. The first-order chi connectivity index (χ1) is 20.2. The number of hydrogen-bond acceptors (Lipinski definition) is 6. The van der Waals surface area contributed by atoms with E-state index in [1.165, 1.54) is 24.4 Å². The van der Waals surface area contributed by atoms with Crippen molar-refractivity contribution in [2.75, 3.05) is 17.5 Å². The van der Waals surface area contributed by atoms with Crippen molar-refractivity contribution < 1.29 is 22.7 Å². The predicted octanol–water partition coefficient (Wildman–Crippen LogP) is 6.28. The van der Waals surface area contributed by atoms with Gasteiger partial charge in [0, 0.05) is 5.02 Å². The maximum absolute atomic E-state index is 13.6. The van der Waals surface area contributed by atoms with E-state index in [0.29, 0.717) is 35.3 Å². The quantitative estimate of drug-likeness (QED) is 0.151. The van der Waals surface area contributed by atoms with Crippen molar-refractivity contribution in [3.05, 3.63) is 118 Å². The van der Waals surface area contributed by atoms with Crippen LogP contribution in [-0.2, 0) is 21.4 Å². The van der Waals surface area contributed by atoms with Crippen LogP contribution < -0.4 is 19.2 Å². The van der Waals surface area contributed by atoms with Gasteiger partial charge in [0.25, 0.3) is 15.9 Å². The summed E-state index contributed by atoms with van der Waals surface area (Å²) in [7, 11) is -4.08. The van der Waals surface area contributed by atoms with Gasteiger partial charge in [-0.05, 0) is 79.9 Å². The van der Waals surface area contributed by atoms with Gasteiger partial charge >= 0.3 is 0 Å². The molecular formula is C32H32ClN3O5S. The third kappa shape index (κ3) is 7.90. The Balaban J connectivity index is 1.49. The molecule has 0 saturated carbocycles. The number of ether oxygens (including phenoxy) is 2. The van der Waals surface area contributed by atoms with Gasteiger partial charge in [-0.15, -0.1) is 0 Å². The fourth-order valence-corrected chi connectivity index (χ4v) is 5.55. The number of aryl methyl sites for hydroxylation is 2. The van der Waals surface area contributed by atoms with Crippen LogP contribution in [-0.4, -0.2) is 33.7 Å². The van der Waals surface area contributed by atoms with Crippen molar-refractivity contribution in [1.82, 2.24) is 5.43 Å². The molecule has 218 valence electrons. The second-order valence-corrected chi connectivity index (χ2v) is 11.7. The molecule has 8 nitrogen and oxygen atoms in total. The number of anilines is 1. The molecule has 0 aliphatic carbocycles. The van der Waals surface area contributed by atoms with Gasteiger partial charge in [-0.2, -0.15) is 5.10 Å². The van der Waals surface area contributed by atoms with Gasteiger partial charge in [0.05, 0.1) is 23.4 Å². The zero-order chi connectivity index (χ0) is 30.1. The van der Waals surface area contributed by atoms with Crippen LogP contribution in [0.2, 0.25) is 5.02 Å². The fraction of sp³-hybridized carbons (Fsp3) is 0.188. The highest BCUT2D eigenvalue weighted by molar-refractivity contribution is 7.92. The van der Waals surface area contributed by atoms with Crippen LogP contribution in [0.25, 0.3) is 0 Å².